The highest BCUT2D eigenvalue weighted by Crippen LogP contribution is 2.46. The minimum absolute atomic E-state index is 0.0232. The lowest BCUT2D eigenvalue weighted by Gasteiger charge is -2.40. The van der Waals surface area contributed by atoms with E-state index < -0.39 is 23.4 Å². The molecule has 2 amide bonds. The molecule has 2 atom stereocenters. The van der Waals surface area contributed by atoms with Gasteiger partial charge in [-0.1, -0.05) is 30.3 Å². The molecule has 228 valence electrons. The van der Waals surface area contributed by atoms with E-state index in [9.17, 15) is 14.4 Å². The first-order valence-electron chi connectivity index (χ1n) is 14.6. The summed E-state index contributed by atoms with van der Waals surface area (Å²) in [5, 5.41) is 0.0232. The standard InChI is InChI=1S/C31H36ClFN6O4/c1-5-23(40)37-14-15-38-19(16-37)18-43-27-24(30(38)42)29(34-26(25(27)32)20-8-6-7-9-21(20)33)39-17-22(28(41)31(39,2)3)36-12-10-35(4)11-13-36/h5-9,19,22H,1,10-18H2,2-4H3. The number of piperazine rings is 2. The van der Waals surface area contributed by atoms with Crippen LogP contribution in [0.1, 0.15) is 24.2 Å². The van der Waals surface area contributed by atoms with Gasteiger partial charge < -0.3 is 24.3 Å². The van der Waals surface area contributed by atoms with Crippen molar-refractivity contribution in [1.82, 2.24) is 24.6 Å². The summed E-state index contributed by atoms with van der Waals surface area (Å²) in [7, 11) is 2.06. The molecule has 1 aromatic carbocycles. The molecule has 0 radical (unpaired) electrons. The lowest BCUT2D eigenvalue weighted by Crippen LogP contribution is -2.57. The maximum Gasteiger partial charge on any atom is 0.261 e. The van der Waals surface area contributed by atoms with Crippen LogP contribution in [0.2, 0.25) is 5.02 Å². The number of nitrogens with zero attached hydrogens (tertiary/aromatic N) is 6. The number of ketones is 1. The van der Waals surface area contributed by atoms with E-state index in [-0.39, 0.29) is 70.7 Å². The molecule has 43 heavy (non-hydrogen) atoms. The first-order chi connectivity index (χ1) is 20.5. The maximum absolute atomic E-state index is 15.2. The number of carbonyl (C=O) groups is 3. The summed E-state index contributed by atoms with van der Waals surface area (Å²) in [5.74, 6) is -0.709. The molecule has 0 aliphatic carbocycles. The number of amides is 2. The summed E-state index contributed by atoms with van der Waals surface area (Å²) in [6.45, 7) is 11.7. The Balaban J connectivity index is 1.48. The van der Waals surface area contributed by atoms with Crippen molar-refractivity contribution in [3.63, 3.8) is 0 Å². The molecule has 4 aliphatic heterocycles. The zero-order valence-corrected chi connectivity index (χ0v) is 25.4. The third-order valence-corrected chi connectivity index (χ3v) is 9.59. The lowest BCUT2D eigenvalue weighted by molar-refractivity contribution is -0.128. The molecular weight excluding hydrogens is 575 g/mol. The fourth-order valence-corrected chi connectivity index (χ4v) is 6.89. The van der Waals surface area contributed by atoms with Gasteiger partial charge in [0.25, 0.3) is 5.91 Å². The van der Waals surface area contributed by atoms with Crippen molar-refractivity contribution in [2.45, 2.75) is 31.5 Å². The summed E-state index contributed by atoms with van der Waals surface area (Å²) < 4.78 is 21.4. The van der Waals surface area contributed by atoms with Crippen molar-refractivity contribution in [2.75, 3.05) is 70.9 Å². The number of pyridine rings is 1. The summed E-state index contributed by atoms with van der Waals surface area (Å²) >= 11 is 6.91. The molecular formula is C31H36ClFN6O4. The van der Waals surface area contributed by atoms with E-state index in [1.165, 1.54) is 12.1 Å². The molecule has 5 heterocycles. The Morgan fingerprint density at radius 2 is 1.84 bits per heavy atom. The van der Waals surface area contributed by atoms with E-state index in [0.717, 1.165) is 26.2 Å². The van der Waals surface area contributed by atoms with Crippen LogP contribution in [0.3, 0.4) is 0 Å². The monoisotopic (exact) mass is 610 g/mol. The number of likely N-dealkylation sites (N-methyl/N-ethyl adjacent to an activating group) is 1. The highest BCUT2D eigenvalue weighted by atomic mass is 35.5. The number of Topliss-reactive ketones (excluding diaryl/α,β-unsaturated/α-hetero) is 1. The quantitative estimate of drug-likeness (QED) is 0.488. The number of fused-ring (bicyclic) bond motifs is 2. The Labute approximate surface area is 255 Å². The molecule has 0 N–H and O–H groups in total. The molecule has 10 nitrogen and oxygen atoms in total. The molecule has 2 aromatic rings. The first-order valence-corrected chi connectivity index (χ1v) is 15.0. The Morgan fingerprint density at radius 3 is 2.53 bits per heavy atom. The van der Waals surface area contributed by atoms with E-state index in [2.05, 4.69) is 23.4 Å². The number of hydrogen-bond acceptors (Lipinski definition) is 8. The van der Waals surface area contributed by atoms with Gasteiger partial charge in [0.2, 0.25) is 5.91 Å². The van der Waals surface area contributed by atoms with Crippen molar-refractivity contribution < 1.29 is 23.5 Å². The van der Waals surface area contributed by atoms with Crippen LogP contribution in [0.5, 0.6) is 5.75 Å². The summed E-state index contributed by atoms with van der Waals surface area (Å²) in [6.07, 6.45) is 1.26. The maximum atomic E-state index is 15.2. The van der Waals surface area contributed by atoms with Gasteiger partial charge in [-0.3, -0.25) is 19.3 Å². The third-order valence-electron chi connectivity index (χ3n) is 9.24. The van der Waals surface area contributed by atoms with Gasteiger partial charge in [0.1, 0.15) is 28.8 Å². The Bertz CT molecular complexity index is 1490. The fourth-order valence-electron chi connectivity index (χ4n) is 6.59. The van der Waals surface area contributed by atoms with E-state index in [1.807, 2.05) is 18.7 Å². The number of aromatic nitrogens is 1. The van der Waals surface area contributed by atoms with Crippen LogP contribution in [0.25, 0.3) is 11.3 Å². The van der Waals surface area contributed by atoms with E-state index in [1.54, 1.807) is 28.0 Å². The molecule has 2 unspecified atom stereocenters. The number of benzene rings is 1. The van der Waals surface area contributed by atoms with Gasteiger partial charge >= 0.3 is 0 Å². The second-order valence-electron chi connectivity index (χ2n) is 12.1. The zero-order valence-electron chi connectivity index (χ0n) is 24.7. The molecule has 0 saturated carbocycles. The van der Waals surface area contributed by atoms with Crippen LogP contribution in [0.15, 0.2) is 36.9 Å². The predicted molar refractivity (Wildman–Crippen MR) is 161 cm³/mol. The van der Waals surface area contributed by atoms with E-state index in [0.29, 0.717) is 13.1 Å². The Kier molecular flexibility index (Phi) is 7.68. The van der Waals surface area contributed by atoms with Crippen molar-refractivity contribution in [2.24, 2.45) is 0 Å². The molecule has 0 spiro atoms. The molecule has 3 saturated heterocycles. The van der Waals surface area contributed by atoms with Crippen molar-refractivity contribution >= 4 is 35.0 Å². The number of carbonyl (C=O) groups excluding carboxylic acids is 3. The predicted octanol–water partition coefficient (Wildman–Crippen LogP) is 2.56. The van der Waals surface area contributed by atoms with Crippen LogP contribution in [-0.4, -0.2) is 126 Å². The smallest absolute Gasteiger partial charge is 0.261 e. The Hall–Kier alpha value is -3.54. The minimum atomic E-state index is -1.02. The van der Waals surface area contributed by atoms with Crippen molar-refractivity contribution in [3.8, 4) is 17.0 Å². The molecule has 4 aliphatic rings. The largest absolute Gasteiger partial charge is 0.489 e. The minimum Gasteiger partial charge on any atom is -0.489 e. The average molecular weight is 611 g/mol. The molecule has 6 rings (SSSR count). The van der Waals surface area contributed by atoms with E-state index in [4.69, 9.17) is 21.3 Å². The summed E-state index contributed by atoms with van der Waals surface area (Å²) in [6, 6.07) is 5.33. The number of anilines is 1. The third kappa shape index (κ3) is 4.97. The summed E-state index contributed by atoms with van der Waals surface area (Å²) in [5.41, 5.74) is -0.570. The normalized spacial score (nSPS) is 24.3. The van der Waals surface area contributed by atoms with Gasteiger partial charge in [0.05, 0.1) is 23.3 Å². The molecule has 3 fully saturated rings. The van der Waals surface area contributed by atoms with Crippen molar-refractivity contribution in [1.29, 1.82) is 0 Å². The van der Waals surface area contributed by atoms with Crippen LogP contribution in [0, 0.1) is 5.82 Å². The van der Waals surface area contributed by atoms with Gasteiger partial charge in [-0.25, -0.2) is 9.37 Å². The fraction of sp³-hybridized carbons (Fsp3) is 0.484. The van der Waals surface area contributed by atoms with Gasteiger partial charge in [0.15, 0.2) is 11.5 Å². The van der Waals surface area contributed by atoms with Crippen molar-refractivity contribution in [3.05, 3.63) is 53.3 Å². The van der Waals surface area contributed by atoms with Gasteiger partial charge in [-0.05, 0) is 39.1 Å². The zero-order chi connectivity index (χ0) is 30.6. The highest BCUT2D eigenvalue weighted by molar-refractivity contribution is 6.35. The second-order valence-corrected chi connectivity index (χ2v) is 12.5. The van der Waals surface area contributed by atoms with Gasteiger partial charge in [-0.2, -0.15) is 0 Å². The number of ether oxygens (including phenoxy) is 1. The van der Waals surface area contributed by atoms with Crippen LogP contribution in [0.4, 0.5) is 10.2 Å². The lowest BCUT2D eigenvalue weighted by atomic mass is 9.96. The first kappa shape index (κ1) is 29.5. The Morgan fingerprint density at radius 1 is 1.12 bits per heavy atom. The summed E-state index contributed by atoms with van der Waals surface area (Å²) in [4.78, 5) is 55.2. The van der Waals surface area contributed by atoms with Gasteiger partial charge in [0, 0.05) is 57.9 Å². The molecule has 1 aromatic heterocycles. The second kappa shape index (κ2) is 11.2. The van der Waals surface area contributed by atoms with Crippen LogP contribution in [-0.2, 0) is 9.59 Å². The number of halogens is 2. The molecule has 0 bridgehead atoms. The number of rotatable bonds is 4. The topological polar surface area (TPSA) is 89.5 Å². The average Bonchev–Trinajstić information content (AvgIpc) is 3.14. The number of hydrogen-bond donors (Lipinski definition) is 0. The SMILES string of the molecule is C=CC(=O)N1CCN2C(=O)c3c(N4CC(N5CCN(C)CC5)C(=O)C4(C)C)nc(-c4ccccc4F)c(Cl)c3OCC2C1. The molecule has 12 heteroatoms. The van der Waals surface area contributed by atoms with Crippen LogP contribution >= 0.6 is 11.6 Å². The van der Waals surface area contributed by atoms with Crippen LogP contribution < -0.4 is 9.64 Å². The van der Waals surface area contributed by atoms with E-state index >= 15 is 4.39 Å². The van der Waals surface area contributed by atoms with Gasteiger partial charge in [-0.15, -0.1) is 0 Å². The highest BCUT2D eigenvalue weighted by Gasteiger charge is 2.52.